The molecule has 0 saturated carbocycles. The van der Waals surface area contributed by atoms with E-state index in [0.717, 1.165) is 19.0 Å². The summed E-state index contributed by atoms with van der Waals surface area (Å²) in [5.74, 6) is 0. The lowest BCUT2D eigenvalue weighted by molar-refractivity contribution is -0.365. The molecule has 0 aromatic heterocycles. The SMILES string of the molecule is CC(CC(O)(C(F)(F)F)C(F)(F)F)=NC1CCN(Cc2ccccc2)CC1. The van der Waals surface area contributed by atoms with E-state index in [1.165, 1.54) is 0 Å². The number of rotatable bonds is 5. The highest BCUT2D eigenvalue weighted by Crippen LogP contribution is 2.45. The van der Waals surface area contributed by atoms with E-state index >= 15 is 0 Å². The lowest BCUT2D eigenvalue weighted by atomic mass is 9.95. The summed E-state index contributed by atoms with van der Waals surface area (Å²) in [5.41, 5.74) is -3.99. The maximum Gasteiger partial charge on any atom is 0.426 e. The molecule has 1 heterocycles. The van der Waals surface area contributed by atoms with E-state index in [1.807, 2.05) is 30.3 Å². The van der Waals surface area contributed by atoms with Crippen LogP contribution in [0.3, 0.4) is 0 Å². The Hall–Kier alpha value is -1.61. The average Bonchev–Trinajstić information content (AvgIpc) is 2.55. The number of aliphatic imine (C=N–C) groups is 1. The van der Waals surface area contributed by atoms with Crippen molar-refractivity contribution in [2.45, 2.75) is 56.7 Å². The number of hydrogen-bond acceptors (Lipinski definition) is 3. The predicted molar refractivity (Wildman–Crippen MR) is 89.5 cm³/mol. The minimum Gasteiger partial charge on any atom is -0.373 e. The fraction of sp³-hybridized carbons (Fsp3) is 0.611. The van der Waals surface area contributed by atoms with Crippen molar-refractivity contribution in [3.8, 4) is 0 Å². The highest BCUT2D eigenvalue weighted by Gasteiger charge is 2.70. The lowest BCUT2D eigenvalue weighted by Gasteiger charge is -2.33. The molecule has 0 aliphatic carbocycles. The second-order valence-corrected chi connectivity index (χ2v) is 6.89. The quantitative estimate of drug-likeness (QED) is 0.593. The van der Waals surface area contributed by atoms with Crippen molar-refractivity contribution in [2.24, 2.45) is 4.99 Å². The summed E-state index contributed by atoms with van der Waals surface area (Å²) in [7, 11) is 0. The first-order chi connectivity index (χ1) is 12.4. The van der Waals surface area contributed by atoms with Crippen LogP contribution in [-0.4, -0.2) is 52.8 Å². The highest BCUT2D eigenvalue weighted by atomic mass is 19.4. The van der Waals surface area contributed by atoms with Gasteiger partial charge in [0.2, 0.25) is 0 Å². The molecule has 0 bridgehead atoms. The zero-order valence-corrected chi connectivity index (χ0v) is 14.8. The minimum atomic E-state index is -5.82. The fourth-order valence-corrected chi connectivity index (χ4v) is 3.14. The first kappa shape index (κ1) is 21.7. The largest absolute Gasteiger partial charge is 0.426 e. The van der Waals surface area contributed by atoms with Gasteiger partial charge in [-0.3, -0.25) is 9.89 Å². The average molecular weight is 396 g/mol. The van der Waals surface area contributed by atoms with Gasteiger partial charge < -0.3 is 5.11 Å². The van der Waals surface area contributed by atoms with Crippen molar-refractivity contribution in [1.82, 2.24) is 4.90 Å². The van der Waals surface area contributed by atoms with Crippen molar-refractivity contribution in [3.05, 3.63) is 35.9 Å². The second-order valence-electron chi connectivity index (χ2n) is 6.89. The van der Waals surface area contributed by atoms with E-state index in [2.05, 4.69) is 9.89 Å². The smallest absolute Gasteiger partial charge is 0.373 e. The van der Waals surface area contributed by atoms with Crippen LogP contribution in [0.25, 0.3) is 0 Å². The molecule has 9 heteroatoms. The molecule has 1 aliphatic heterocycles. The van der Waals surface area contributed by atoms with Crippen LogP contribution in [0.5, 0.6) is 0 Å². The molecule has 1 N–H and O–H groups in total. The Balaban J connectivity index is 1.95. The van der Waals surface area contributed by atoms with Gasteiger partial charge in [-0.15, -0.1) is 0 Å². The Kier molecular flexibility index (Phi) is 6.57. The van der Waals surface area contributed by atoms with Gasteiger partial charge >= 0.3 is 12.4 Å². The van der Waals surface area contributed by atoms with Crippen LogP contribution in [0.2, 0.25) is 0 Å². The van der Waals surface area contributed by atoms with Gasteiger partial charge in [0.1, 0.15) is 0 Å². The van der Waals surface area contributed by atoms with Crippen molar-refractivity contribution < 1.29 is 31.4 Å². The van der Waals surface area contributed by atoms with Gasteiger partial charge in [0.25, 0.3) is 5.60 Å². The number of aliphatic hydroxyl groups is 1. The molecule has 1 saturated heterocycles. The van der Waals surface area contributed by atoms with Gasteiger partial charge in [-0.2, -0.15) is 26.3 Å². The molecular weight excluding hydrogens is 374 g/mol. The summed E-state index contributed by atoms with van der Waals surface area (Å²) >= 11 is 0. The number of halogens is 6. The van der Waals surface area contributed by atoms with E-state index in [4.69, 9.17) is 0 Å². The molecule has 0 atom stereocenters. The molecule has 3 nitrogen and oxygen atoms in total. The molecule has 1 aromatic carbocycles. The van der Waals surface area contributed by atoms with Crippen LogP contribution in [0.15, 0.2) is 35.3 Å². The third kappa shape index (κ3) is 5.44. The first-order valence-electron chi connectivity index (χ1n) is 8.58. The van der Waals surface area contributed by atoms with Gasteiger partial charge in [-0.1, -0.05) is 30.3 Å². The summed E-state index contributed by atoms with van der Waals surface area (Å²) in [6, 6.07) is 9.40. The predicted octanol–water partition coefficient (Wildman–Crippen LogP) is 4.36. The van der Waals surface area contributed by atoms with Gasteiger partial charge in [-0.25, -0.2) is 0 Å². The van der Waals surface area contributed by atoms with Crippen molar-refractivity contribution in [2.75, 3.05) is 13.1 Å². The minimum absolute atomic E-state index is 0.345. The summed E-state index contributed by atoms with van der Waals surface area (Å²) in [6.45, 7) is 3.13. The number of hydrogen-bond donors (Lipinski definition) is 1. The van der Waals surface area contributed by atoms with Gasteiger partial charge in [-0.05, 0) is 25.3 Å². The van der Waals surface area contributed by atoms with Crippen LogP contribution in [0.1, 0.15) is 31.7 Å². The van der Waals surface area contributed by atoms with E-state index in [1.54, 1.807) is 0 Å². The molecular formula is C18H22F6N2O. The van der Waals surface area contributed by atoms with Crippen LogP contribution in [0.4, 0.5) is 26.3 Å². The molecule has 1 fully saturated rings. The molecule has 1 aromatic rings. The fourth-order valence-electron chi connectivity index (χ4n) is 3.14. The van der Waals surface area contributed by atoms with Gasteiger partial charge in [0.15, 0.2) is 0 Å². The Morgan fingerprint density at radius 1 is 1.04 bits per heavy atom. The number of nitrogens with zero attached hydrogens (tertiary/aromatic N) is 2. The molecule has 1 aliphatic rings. The Morgan fingerprint density at radius 2 is 1.56 bits per heavy atom. The van der Waals surface area contributed by atoms with Crippen LogP contribution in [0, 0.1) is 0 Å². The lowest BCUT2D eigenvalue weighted by Crippen LogP contribution is -2.57. The molecule has 0 unspecified atom stereocenters. The van der Waals surface area contributed by atoms with Crippen LogP contribution >= 0.6 is 0 Å². The number of piperidine rings is 1. The normalized spacial score (nSPS) is 18.7. The molecule has 0 amide bonds. The Labute approximate surface area is 153 Å². The van der Waals surface area contributed by atoms with E-state index in [-0.39, 0.29) is 11.8 Å². The summed E-state index contributed by atoms with van der Waals surface area (Å²) in [6.07, 6.45) is -12.2. The second kappa shape index (κ2) is 8.18. The van der Waals surface area contributed by atoms with E-state index in [9.17, 15) is 31.4 Å². The third-order valence-corrected chi connectivity index (χ3v) is 4.66. The Bertz CT molecular complexity index is 619. The highest BCUT2D eigenvalue weighted by molar-refractivity contribution is 5.83. The molecule has 152 valence electrons. The maximum atomic E-state index is 12.8. The van der Waals surface area contributed by atoms with E-state index < -0.39 is 24.4 Å². The topological polar surface area (TPSA) is 35.8 Å². The maximum absolute atomic E-state index is 12.8. The molecule has 0 spiro atoms. The summed E-state index contributed by atoms with van der Waals surface area (Å²) in [5, 5.41) is 9.25. The standard InChI is InChI=1S/C18H22F6N2O/c1-13(11-16(27,17(19,20)21)18(22,23)24)25-15-7-9-26(10-8-15)12-14-5-3-2-4-6-14/h2-6,15,27H,7-12H2,1H3. The summed E-state index contributed by atoms with van der Waals surface area (Å²) in [4.78, 5) is 6.18. The zero-order chi connectivity index (χ0) is 20.3. The van der Waals surface area contributed by atoms with Crippen LogP contribution in [-0.2, 0) is 6.54 Å². The van der Waals surface area contributed by atoms with Gasteiger partial charge in [0, 0.05) is 31.8 Å². The zero-order valence-electron chi connectivity index (χ0n) is 14.8. The molecule has 2 rings (SSSR count). The summed E-state index contributed by atoms with van der Waals surface area (Å²) < 4.78 is 76.6. The van der Waals surface area contributed by atoms with Crippen molar-refractivity contribution in [1.29, 1.82) is 0 Å². The first-order valence-corrected chi connectivity index (χ1v) is 8.58. The van der Waals surface area contributed by atoms with Gasteiger partial charge in [0.05, 0.1) is 6.04 Å². The van der Waals surface area contributed by atoms with Crippen molar-refractivity contribution in [3.63, 3.8) is 0 Å². The van der Waals surface area contributed by atoms with Crippen molar-refractivity contribution >= 4 is 5.71 Å². The monoisotopic (exact) mass is 396 g/mol. The number of alkyl halides is 6. The van der Waals surface area contributed by atoms with E-state index in [0.29, 0.717) is 25.9 Å². The molecule has 27 heavy (non-hydrogen) atoms. The number of likely N-dealkylation sites (tertiary alicyclic amines) is 1. The van der Waals surface area contributed by atoms with Crippen LogP contribution < -0.4 is 0 Å². The Morgan fingerprint density at radius 3 is 2.04 bits per heavy atom. The number of benzene rings is 1. The molecule has 0 radical (unpaired) electrons. The third-order valence-electron chi connectivity index (χ3n) is 4.66.